The monoisotopic (exact) mass is 264 g/mol. The summed E-state index contributed by atoms with van der Waals surface area (Å²) in [7, 11) is 0. The van der Waals surface area contributed by atoms with Crippen molar-refractivity contribution in [1.29, 1.82) is 0 Å². The highest BCUT2D eigenvalue weighted by Crippen LogP contribution is 2.31. The number of esters is 1. The zero-order valence-corrected chi connectivity index (χ0v) is 10.9. The maximum atomic E-state index is 11.7. The molecule has 0 aliphatic heterocycles. The number of anilines is 1. The lowest BCUT2D eigenvalue weighted by atomic mass is 10.1. The number of benzene rings is 1. The van der Waals surface area contributed by atoms with Crippen molar-refractivity contribution < 1.29 is 14.5 Å². The molecule has 0 atom stereocenters. The minimum atomic E-state index is -0.545. The van der Waals surface area contributed by atoms with E-state index >= 15 is 0 Å². The lowest BCUT2D eigenvalue weighted by molar-refractivity contribution is -0.384. The molecule has 1 saturated carbocycles. The summed E-state index contributed by atoms with van der Waals surface area (Å²) in [4.78, 5) is 22.3. The standard InChI is InChI=1S/C13H16N2O4/c1-8(2)19-13(16)9-3-6-11(14-10-4-5-10)12(7-9)15(17)18/h3,6-8,10,14H,4-5H2,1-2H3. The van der Waals surface area contributed by atoms with Crippen molar-refractivity contribution in [2.24, 2.45) is 0 Å². The van der Waals surface area contributed by atoms with Gasteiger partial charge in [-0.15, -0.1) is 0 Å². The van der Waals surface area contributed by atoms with Crippen LogP contribution in [0.2, 0.25) is 0 Å². The molecule has 0 bridgehead atoms. The quantitative estimate of drug-likeness (QED) is 0.502. The number of nitro benzene ring substituents is 1. The van der Waals surface area contributed by atoms with E-state index in [1.54, 1.807) is 26.0 Å². The van der Waals surface area contributed by atoms with Gasteiger partial charge in [0.15, 0.2) is 0 Å². The zero-order chi connectivity index (χ0) is 14.0. The molecular weight excluding hydrogens is 248 g/mol. The lowest BCUT2D eigenvalue weighted by Gasteiger charge is -2.09. The van der Waals surface area contributed by atoms with Crippen LogP contribution in [0.4, 0.5) is 11.4 Å². The lowest BCUT2D eigenvalue weighted by Crippen LogP contribution is -2.12. The van der Waals surface area contributed by atoms with Gasteiger partial charge in [-0.05, 0) is 38.8 Å². The Labute approximate surface area is 110 Å². The van der Waals surface area contributed by atoms with Crippen LogP contribution >= 0.6 is 0 Å². The second kappa shape index (κ2) is 5.26. The van der Waals surface area contributed by atoms with E-state index in [-0.39, 0.29) is 17.4 Å². The third-order valence-corrected chi connectivity index (χ3v) is 2.71. The molecule has 19 heavy (non-hydrogen) atoms. The van der Waals surface area contributed by atoms with Crippen LogP contribution in [0.5, 0.6) is 0 Å². The van der Waals surface area contributed by atoms with Gasteiger partial charge in [-0.3, -0.25) is 10.1 Å². The molecule has 0 amide bonds. The number of nitrogens with zero attached hydrogens (tertiary/aromatic N) is 1. The number of carbonyl (C=O) groups excluding carboxylic acids is 1. The van der Waals surface area contributed by atoms with E-state index in [2.05, 4.69) is 5.32 Å². The van der Waals surface area contributed by atoms with E-state index in [9.17, 15) is 14.9 Å². The summed E-state index contributed by atoms with van der Waals surface area (Å²) in [6.07, 6.45) is 1.79. The van der Waals surface area contributed by atoms with Crippen LogP contribution in [0.25, 0.3) is 0 Å². The topological polar surface area (TPSA) is 81.5 Å². The van der Waals surface area contributed by atoms with E-state index in [1.807, 2.05) is 0 Å². The molecule has 0 unspecified atom stereocenters. The first kappa shape index (κ1) is 13.3. The number of hydrogen-bond acceptors (Lipinski definition) is 5. The summed E-state index contributed by atoms with van der Waals surface area (Å²) >= 11 is 0. The van der Waals surface area contributed by atoms with Crippen LogP contribution < -0.4 is 5.32 Å². The molecule has 0 spiro atoms. The number of nitrogens with one attached hydrogen (secondary N) is 1. The van der Waals surface area contributed by atoms with Gasteiger partial charge in [0.25, 0.3) is 5.69 Å². The van der Waals surface area contributed by atoms with Gasteiger partial charge in [-0.25, -0.2) is 4.79 Å². The molecule has 2 rings (SSSR count). The van der Waals surface area contributed by atoms with Crippen LogP contribution in [0.3, 0.4) is 0 Å². The molecule has 102 valence electrons. The van der Waals surface area contributed by atoms with Gasteiger partial charge in [0.2, 0.25) is 0 Å². The SMILES string of the molecule is CC(C)OC(=O)c1ccc(NC2CC2)c([N+](=O)[O-])c1. The van der Waals surface area contributed by atoms with Crippen LogP contribution in [0.1, 0.15) is 37.0 Å². The highest BCUT2D eigenvalue weighted by atomic mass is 16.6. The van der Waals surface area contributed by atoms with Gasteiger partial charge < -0.3 is 10.1 Å². The van der Waals surface area contributed by atoms with Gasteiger partial charge in [0.05, 0.1) is 16.6 Å². The average Bonchev–Trinajstić information content (AvgIpc) is 3.12. The molecule has 0 radical (unpaired) electrons. The predicted octanol–water partition coefficient (Wildman–Crippen LogP) is 2.73. The smallest absolute Gasteiger partial charge is 0.338 e. The van der Waals surface area contributed by atoms with Crippen molar-refractivity contribution in [2.75, 3.05) is 5.32 Å². The summed E-state index contributed by atoms with van der Waals surface area (Å²) in [6, 6.07) is 4.68. The Hall–Kier alpha value is -2.11. The van der Waals surface area contributed by atoms with Crippen molar-refractivity contribution in [3.63, 3.8) is 0 Å². The van der Waals surface area contributed by atoms with Gasteiger partial charge in [-0.1, -0.05) is 0 Å². The fourth-order valence-corrected chi connectivity index (χ4v) is 1.66. The van der Waals surface area contributed by atoms with Crippen molar-refractivity contribution >= 4 is 17.3 Å². The fraction of sp³-hybridized carbons (Fsp3) is 0.462. The van der Waals surface area contributed by atoms with Gasteiger partial charge in [-0.2, -0.15) is 0 Å². The minimum absolute atomic E-state index is 0.0925. The van der Waals surface area contributed by atoms with Gasteiger partial charge in [0.1, 0.15) is 5.69 Å². The van der Waals surface area contributed by atoms with Gasteiger partial charge >= 0.3 is 5.97 Å². The largest absolute Gasteiger partial charge is 0.459 e. The Morgan fingerprint density at radius 1 is 1.47 bits per heavy atom. The molecule has 1 fully saturated rings. The molecule has 1 aromatic carbocycles. The molecule has 0 saturated heterocycles. The molecule has 1 aliphatic rings. The summed E-state index contributed by atoms with van der Waals surface area (Å²) < 4.78 is 5.02. The molecule has 0 aromatic heterocycles. The van der Waals surface area contributed by atoms with Crippen molar-refractivity contribution in [2.45, 2.75) is 38.8 Å². The predicted molar refractivity (Wildman–Crippen MR) is 70.3 cm³/mol. The highest BCUT2D eigenvalue weighted by molar-refractivity contribution is 5.91. The van der Waals surface area contributed by atoms with Crippen molar-refractivity contribution in [3.8, 4) is 0 Å². The molecule has 0 heterocycles. The number of nitro groups is 1. The summed E-state index contributed by atoms with van der Waals surface area (Å²) in [5.74, 6) is -0.545. The number of hydrogen-bond donors (Lipinski definition) is 1. The van der Waals surface area contributed by atoms with Gasteiger partial charge in [0, 0.05) is 12.1 Å². The molecule has 6 heteroatoms. The van der Waals surface area contributed by atoms with Crippen LogP contribution in [-0.2, 0) is 4.74 Å². The Bertz CT molecular complexity index is 509. The Morgan fingerprint density at radius 3 is 2.68 bits per heavy atom. The minimum Gasteiger partial charge on any atom is -0.459 e. The molecule has 1 aromatic rings. The third-order valence-electron chi connectivity index (χ3n) is 2.71. The first-order valence-electron chi connectivity index (χ1n) is 6.23. The normalized spacial score (nSPS) is 14.3. The Balaban J connectivity index is 2.24. The zero-order valence-electron chi connectivity index (χ0n) is 10.9. The number of carbonyl (C=O) groups is 1. The third kappa shape index (κ3) is 3.43. The summed E-state index contributed by atoms with van der Waals surface area (Å²) in [6.45, 7) is 3.46. The van der Waals surface area contributed by atoms with E-state index in [0.717, 1.165) is 12.8 Å². The first-order valence-corrected chi connectivity index (χ1v) is 6.23. The van der Waals surface area contributed by atoms with E-state index in [1.165, 1.54) is 6.07 Å². The highest BCUT2D eigenvalue weighted by Gasteiger charge is 2.25. The van der Waals surface area contributed by atoms with E-state index in [0.29, 0.717) is 11.7 Å². The second-order valence-corrected chi connectivity index (χ2v) is 4.86. The van der Waals surface area contributed by atoms with Crippen LogP contribution in [-0.4, -0.2) is 23.0 Å². The maximum Gasteiger partial charge on any atom is 0.338 e. The van der Waals surface area contributed by atoms with Crippen molar-refractivity contribution in [1.82, 2.24) is 0 Å². The first-order chi connectivity index (χ1) is 8.97. The van der Waals surface area contributed by atoms with Crippen LogP contribution in [0.15, 0.2) is 18.2 Å². The maximum absolute atomic E-state index is 11.7. The Morgan fingerprint density at radius 2 is 2.16 bits per heavy atom. The van der Waals surface area contributed by atoms with E-state index < -0.39 is 10.9 Å². The summed E-state index contributed by atoms with van der Waals surface area (Å²) in [5, 5.41) is 14.1. The second-order valence-electron chi connectivity index (χ2n) is 4.86. The summed E-state index contributed by atoms with van der Waals surface area (Å²) in [5.41, 5.74) is 0.556. The number of ether oxygens (including phenoxy) is 1. The Kier molecular flexibility index (Phi) is 3.69. The van der Waals surface area contributed by atoms with Crippen LogP contribution in [0, 0.1) is 10.1 Å². The van der Waals surface area contributed by atoms with Crippen molar-refractivity contribution in [3.05, 3.63) is 33.9 Å². The molecule has 1 N–H and O–H groups in total. The van der Waals surface area contributed by atoms with E-state index in [4.69, 9.17) is 4.74 Å². The number of rotatable bonds is 5. The molecular formula is C13H16N2O4. The molecule has 1 aliphatic carbocycles. The molecule has 6 nitrogen and oxygen atoms in total. The average molecular weight is 264 g/mol. The fourth-order valence-electron chi connectivity index (χ4n) is 1.66.